The first kappa shape index (κ1) is 12.7. The van der Waals surface area contributed by atoms with Gasteiger partial charge in [0.15, 0.2) is 0 Å². The Balaban J connectivity index is 3.20. The van der Waals surface area contributed by atoms with Crippen molar-refractivity contribution in [2.24, 2.45) is 0 Å². The van der Waals surface area contributed by atoms with Crippen LogP contribution in [0.2, 0.25) is 0 Å². The maximum Gasteiger partial charge on any atom is 0.247 e. The number of rotatable bonds is 4. The third-order valence-electron chi connectivity index (χ3n) is 2.17. The molecule has 6 nitrogen and oxygen atoms in total. The van der Waals surface area contributed by atoms with Crippen molar-refractivity contribution in [1.82, 2.24) is 14.5 Å². The minimum Gasteiger partial charge on any atom is -0.281 e. The summed E-state index contributed by atoms with van der Waals surface area (Å²) in [5.74, 6) is 0. The fourth-order valence-electron chi connectivity index (χ4n) is 1.34. The van der Waals surface area contributed by atoms with Crippen molar-refractivity contribution in [3.8, 4) is 6.07 Å². The third-order valence-corrected chi connectivity index (χ3v) is 4.31. The highest BCUT2D eigenvalue weighted by molar-refractivity contribution is 7.89. The highest BCUT2D eigenvalue weighted by atomic mass is 32.2. The van der Waals surface area contributed by atoms with Crippen LogP contribution in [0.25, 0.3) is 0 Å². The number of nitrogens with one attached hydrogen (secondary N) is 1. The van der Waals surface area contributed by atoms with E-state index in [9.17, 15) is 8.42 Å². The molecule has 0 bridgehead atoms. The van der Waals surface area contributed by atoms with Crippen LogP contribution in [0.3, 0.4) is 0 Å². The van der Waals surface area contributed by atoms with E-state index < -0.39 is 10.0 Å². The SMILES string of the molecule is Cc1[nH]ncc1S(=O)(=O)N(CC#N)C(C)C. The Morgan fingerprint density at radius 2 is 2.25 bits per heavy atom. The molecule has 0 radical (unpaired) electrons. The van der Waals surface area contributed by atoms with Gasteiger partial charge in [0.05, 0.1) is 18.0 Å². The number of hydrogen-bond donors (Lipinski definition) is 1. The lowest BCUT2D eigenvalue weighted by molar-refractivity contribution is 0.385. The van der Waals surface area contributed by atoms with Crippen LogP contribution in [0.15, 0.2) is 11.1 Å². The maximum atomic E-state index is 12.2. The molecule has 1 aromatic heterocycles. The van der Waals surface area contributed by atoms with E-state index in [-0.39, 0.29) is 17.5 Å². The van der Waals surface area contributed by atoms with Gasteiger partial charge in [-0.15, -0.1) is 0 Å². The van der Waals surface area contributed by atoms with Crippen molar-refractivity contribution in [2.75, 3.05) is 6.54 Å². The average molecular weight is 242 g/mol. The van der Waals surface area contributed by atoms with Crippen LogP contribution in [0.5, 0.6) is 0 Å². The highest BCUT2D eigenvalue weighted by Crippen LogP contribution is 2.19. The number of aryl methyl sites for hydroxylation is 1. The summed E-state index contributed by atoms with van der Waals surface area (Å²) in [5.41, 5.74) is 0.476. The number of nitriles is 1. The Morgan fingerprint density at radius 3 is 2.62 bits per heavy atom. The molecule has 0 saturated carbocycles. The summed E-state index contributed by atoms with van der Waals surface area (Å²) in [6.07, 6.45) is 1.26. The largest absolute Gasteiger partial charge is 0.281 e. The van der Waals surface area contributed by atoms with Gasteiger partial charge >= 0.3 is 0 Å². The number of aromatic amines is 1. The molecular weight excluding hydrogens is 228 g/mol. The molecule has 0 aliphatic carbocycles. The van der Waals surface area contributed by atoms with Crippen LogP contribution in [-0.4, -0.2) is 35.5 Å². The van der Waals surface area contributed by atoms with Gasteiger partial charge in [0.2, 0.25) is 10.0 Å². The van der Waals surface area contributed by atoms with Gasteiger partial charge in [0, 0.05) is 6.04 Å². The Labute approximate surface area is 94.9 Å². The van der Waals surface area contributed by atoms with Crippen molar-refractivity contribution in [3.63, 3.8) is 0 Å². The van der Waals surface area contributed by atoms with Gasteiger partial charge in [-0.1, -0.05) is 0 Å². The van der Waals surface area contributed by atoms with E-state index in [4.69, 9.17) is 5.26 Å². The van der Waals surface area contributed by atoms with E-state index in [1.54, 1.807) is 20.8 Å². The van der Waals surface area contributed by atoms with E-state index in [1.807, 2.05) is 6.07 Å². The smallest absolute Gasteiger partial charge is 0.247 e. The molecule has 1 aromatic rings. The molecule has 0 aliphatic heterocycles. The molecule has 16 heavy (non-hydrogen) atoms. The zero-order valence-electron chi connectivity index (χ0n) is 9.43. The Hall–Kier alpha value is -1.39. The predicted molar refractivity (Wildman–Crippen MR) is 58.0 cm³/mol. The summed E-state index contributed by atoms with van der Waals surface area (Å²) in [6, 6.07) is 1.59. The van der Waals surface area contributed by atoms with Crippen molar-refractivity contribution in [1.29, 1.82) is 5.26 Å². The molecule has 0 amide bonds. The highest BCUT2D eigenvalue weighted by Gasteiger charge is 2.29. The normalized spacial score (nSPS) is 12.0. The summed E-state index contributed by atoms with van der Waals surface area (Å²) >= 11 is 0. The number of hydrogen-bond acceptors (Lipinski definition) is 4. The zero-order valence-corrected chi connectivity index (χ0v) is 10.2. The Kier molecular flexibility index (Phi) is 3.67. The van der Waals surface area contributed by atoms with Crippen LogP contribution in [-0.2, 0) is 10.0 Å². The topological polar surface area (TPSA) is 89.8 Å². The molecular formula is C9H14N4O2S. The van der Waals surface area contributed by atoms with Crippen molar-refractivity contribution < 1.29 is 8.42 Å². The minimum absolute atomic E-state index is 0.122. The quantitative estimate of drug-likeness (QED) is 0.784. The molecule has 1 heterocycles. The van der Waals surface area contributed by atoms with Crippen LogP contribution >= 0.6 is 0 Å². The fourth-order valence-corrected chi connectivity index (χ4v) is 2.99. The first-order chi connectivity index (χ1) is 7.41. The number of nitrogens with zero attached hydrogens (tertiary/aromatic N) is 3. The van der Waals surface area contributed by atoms with Gasteiger partial charge in [0.1, 0.15) is 11.4 Å². The van der Waals surface area contributed by atoms with Crippen molar-refractivity contribution in [2.45, 2.75) is 31.7 Å². The van der Waals surface area contributed by atoms with Gasteiger partial charge in [0.25, 0.3) is 0 Å². The molecule has 0 aliphatic rings. The van der Waals surface area contributed by atoms with Gasteiger partial charge in [-0.3, -0.25) is 5.10 Å². The lowest BCUT2D eigenvalue weighted by atomic mass is 10.4. The average Bonchev–Trinajstić information content (AvgIpc) is 2.60. The standard InChI is InChI=1S/C9H14N4O2S/c1-7(2)13(5-4-10)16(14,15)9-6-11-12-8(9)3/h6-7H,5H2,1-3H3,(H,11,12). The van der Waals surface area contributed by atoms with Gasteiger partial charge in [-0.2, -0.15) is 14.7 Å². The van der Waals surface area contributed by atoms with Gasteiger partial charge in [-0.05, 0) is 20.8 Å². The first-order valence-corrected chi connectivity index (χ1v) is 6.24. The van der Waals surface area contributed by atoms with Crippen LogP contribution in [0.4, 0.5) is 0 Å². The van der Waals surface area contributed by atoms with Gasteiger partial charge < -0.3 is 0 Å². The van der Waals surface area contributed by atoms with Gasteiger partial charge in [-0.25, -0.2) is 8.42 Å². The molecule has 0 saturated heterocycles. The summed E-state index contributed by atoms with van der Waals surface area (Å²) in [7, 11) is -3.63. The molecule has 0 spiro atoms. The second-order valence-corrected chi connectivity index (χ2v) is 5.52. The molecule has 0 atom stereocenters. The molecule has 0 aromatic carbocycles. The third kappa shape index (κ3) is 2.23. The van der Waals surface area contributed by atoms with E-state index in [0.29, 0.717) is 5.69 Å². The number of H-pyrrole nitrogens is 1. The summed E-state index contributed by atoms with van der Waals surface area (Å²) in [5, 5.41) is 14.9. The molecule has 7 heteroatoms. The summed E-state index contributed by atoms with van der Waals surface area (Å²) in [4.78, 5) is 0.122. The van der Waals surface area contributed by atoms with E-state index >= 15 is 0 Å². The van der Waals surface area contributed by atoms with E-state index in [1.165, 1.54) is 6.20 Å². The first-order valence-electron chi connectivity index (χ1n) is 4.80. The Morgan fingerprint density at radius 1 is 1.62 bits per heavy atom. The van der Waals surface area contributed by atoms with E-state index in [0.717, 1.165) is 4.31 Å². The van der Waals surface area contributed by atoms with E-state index in [2.05, 4.69) is 10.2 Å². The van der Waals surface area contributed by atoms with Crippen LogP contribution in [0.1, 0.15) is 19.5 Å². The summed E-state index contributed by atoms with van der Waals surface area (Å²) in [6.45, 7) is 4.92. The molecule has 88 valence electrons. The summed E-state index contributed by atoms with van der Waals surface area (Å²) < 4.78 is 25.5. The van der Waals surface area contributed by atoms with Crippen molar-refractivity contribution >= 4 is 10.0 Å². The minimum atomic E-state index is -3.63. The maximum absolute atomic E-state index is 12.2. The second-order valence-electron chi connectivity index (χ2n) is 3.66. The molecule has 0 fully saturated rings. The van der Waals surface area contributed by atoms with Crippen molar-refractivity contribution in [3.05, 3.63) is 11.9 Å². The zero-order chi connectivity index (χ0) is 12.3. The fraction of sp³-hybridized carbons (Fsp3) is 0.556. The monoisotopic (exact) mass is 242 g/mol. The number of sulfonamides is 1. The van der Waals surface area contributed by atoms with Crippen LogP contribution < -0.4 is 0 Å². The lowest BCUT2D eigenvalue weighted by Crippen LogP contribution is -2.37. The molecule has 0 unspecified atom stereocenters. The number of aromatic nitrogens is 2. The van der Waals surface area contributed by atoms with Crippen LogP contribution in [0, 0.1) is 18.3 Å². The Bertz CT molecular complexity index is 498. The predicted octanol–water partition coefficient (Wildman–Crippen LogP) is 0.641. The lowest BCUT2D eigenvalue weighted by Gasteiger charge is -2.22. The molecule has 1 N–H and O–H groups in total. The second kappa shape index (κ2) is 4.63. The molecule has 1 rings (SSSR count).